The summed E-state index contributed by atoms with van der Waals surface area (Å²) in [6.07, 6.45) is -4.39. The van der Waals surface area contributed by atoms with E-state index < -0.39 is 12.1 Å². The van der Waals surface area contributed by atoms with Gasteiger partial charge in [0.15, 0.2) is 0 Å². The highest BCUT2D eigenvalue weighted by Crippen LogP contribution is 2.27. The Morgan fingerprint density at radius 2 is 1.75 bits per heavy atom. The van der Waals surface area contributed by atoms with Crippen molar-refractivity contribution in [2.24, 2.45) is 5.92 Å². The Hall–Kier alpha value is -2.05. The average Bonchev–Trinajstić information content (AvgIpc) is 2.53. The van der Waals surface area contributed by atoms with Crippen molar-refractivity contribution < 1.29 is 22.8 Å². The smallest absolute Gasteiger partial charge is 0.335 e. The van der Waals surface area contributed by atoms with Crippen molar-refractivity contribution in [3.05, 3.63) is 29.8 Å². The SMILES string of the molecule is CC(C)c1ccccc1NC(=O)C1CCN(C(=O)C(F)(F)F)CC1. The quantitative estimate of drug-likeness (QED) is 0.913. The van der Waals surface area contributed by atoms with Crippen LogP contribution in [0.4, 0.5) is 18.9 Å². The molecule has 2 amide bonds. The number of hydrogen-bond acceptors (Lipinski definition) is 2. The topological polar surface area (TPSA) is 49.4 Å². The molecule has 132 valence electrons. The van der Waals surface area contributed by atoms with Crippen molar-refractivity contribution in [1.82, 2.24) is 4.90 Å². The number of benzene rings is 1. The van der Waals surface area contributed by atoms with Gasteiger partial charge in [0.25, 0.3) is 0 Å². The molecule has 0 unspecified atom stereocenters. The minimum Gasteiger partial charge on any atom is -0.335 e. The van der Waals surface area contributed by atoms with Crippen molar-refractivity contribution in [3.8, 4) is 0 Å². The normalized spacial score (nSPS) is 16.3. The molecule has 1 aliphatic heterocycles. The molecule has 0 atom stereocenters. The van der Waals surface area contributed by atoms with Gasteiger partial charge in [0.05, 0.1) is 0 Å². The third kappa shape index (κ3) is 4.27. The minimum atomic E-state index is -4.86. The number of halogens is 3. The average molecular weight is 342 g/mol. The first-order valence-corrected chi connectivity index (χ1v) is 7.96. The van der Waals surface area contributed by atoms with E-state index in [-0.39, 0.29) is 43.7 Å². The maximum absolute atomic E-state index is 12.4. The van der Waals surface area contributed by atoms with E-state index in [1.807, 2.05) is 38.1 Å². The van der Waals surface area contributed by atoms with Crippen LogP contribution in [-0.4, -0.2) is 36.0 Å². The molecule has 1 heterocycles. The number of carbonyl (C=O) groups is 2. The molecular weight excluding hydrogens is 321 g/mol. The van der Waals surface area contributed by atoms with E-state index >= 15 is 0 Å². The number of nitrogens with one attached hydrogen (secondary N) is 1. The third-order valence-electron chi connectivity index (χ3n) is 4.24. The van der Waals surface area contributed by atoms with Crippen molar-refractivity contribution in [2.45, 2.75) is 38.8 Å². The van der Waals surface area contributed by atoms with Crippen LogP contribution >= 0.6 is 0 Å². The number of alkyl halides is 3. The highest BCUT2D eigenvalue weighted by Gasteiger charge is 2.43. The van der Waals surface area contributed by atoms with Crippen molar-refractivity contribution >= 4 is 17.5 Å². The van der Waals surface area contributed by atoms with Crippen molar-refractivity contribution in [1.29, 1.82) is 0 Å². The van der Waals surface area contributed by atoms with Crippen LogP contribution in [0, 0.1) is 5.92 Å². The van der Waals surface area contributed by atoms with Crippen LogP contribution in [-0.2, 0) is 9.59 Å². The Bertz CT molecular complexity index is 606. The molecule has 1 saturated heterocycles. The molecule has 24 heavy (non-hydrogen) atoms. The molecule has 1 aromatic carbocycles. The van der Waals surface area contributed by atoms with Crippen LogP contribution in [0.1, 0.15) is 38.2 Å². The van der Waals surface area contributed by atoms with Gasteiger partial charge in [-0.05, 0) is 30.4 Å². The summed E-state index contributed by atoms with van der Waals surface area (Å²) in [5, 5.41) is 2.87. The molecule has 1 aromatic rings. The van der Waals surface area contributed by atoms with Crippen LogP contribution in [0.5, 0.6) is 0 Å². The van der Waals surface area contributed by atoms with Crippen molar-refractivity contribution in [2.75, 3.05) is 18.4 Å². The van der Waals surface area contributed by atoms with Gasteiger partial charge in [-0.15, -0.1) is 0 Å². The lowest BCUT2D eigenvalue weighted by molar-refractivity contribution is -0.186. The Labute approximate surface area is 139 Å². The molecule has 0 aliphatic carbocycles. The predicted octanol–water partition coefficient (Wildman–Crippen LogP) is 3.55. The molecule has 1 aliphatic rings. The monoisotopic (exact) mass is 342 g/mol. The maximum Gasteiger partial charge on any atom is 0.471 e. The number of carbonyl (C=O) groups excluding carboxylic acids is 2. The van der Waals surface area contributed by atoms with Crippen LogP contribution < -0.4 is 5.32 Å². The first-order chi connectivity index (χ1) is 11.2. The highest BCUT2D eigenvalue weighted by molar-refractivity contribution is 5.93. The van der Waals surface area contributed by atoms with Crippen LogP contribution in [0.3, 0.4) is 0 Å². The lowest BCUT2D eigenvalue weighted by atomic mass is 9.95. The largest absolute Gasteiger partial charge is 0.471 e. The molecule has 0 bridgehead atoms. The fraction of sp³-hybridized carbons (Fsp3) is 0.529. The van der Waals surface area contributed by atoms with E-state index in [1.165, 1.54) is 0 Å². The molecule has 0 aromatic heterocycles. The van der Waals surface area contributed by atoms with E-state index in [9.17, 15) is 22.8 Å². The van der Waals surface area contributed by atoms with Gasteiger partial charge >= 0.3 is 12.1 Å². The number of rotatable bonds is 3. The molecule has 1 N–H and O–H groups in total. The van der Waals surface area contributed by atoms with Crippen LogP contribution in [0.2, 0.25) is 0 Å². The number of anilines is 1. The summed E-state index contributed by atoms with van der Waals surface area (Å²) in [5.41, 5.74) is 1.74. The van der Waals surface area contributed by atoms with Crippen LogP contribution in [0.25, 0.3) is 0 Å². The number of hydrogen-bond donors (Lipinski definition) is 1. The fourth-order valence-corrected chi connectivity index (χ4v) is 2.87. The second kappa shape index (κ2) is 7.23. The number of likely N-dealkylation sites (tertiary alicyclic amines) is 1. The molecule has 4 nitrogen and oxygen atoms in total. The zero-order chi connectivity index (χ0) is 17.9. The number of amides is 2. The number of para-hydroxylation sites is 1. The molecule has 0 radical (unpaired) electrons. The Kier molecular flexibility index (Phi) is 5.51. The maximum atomic E-state index is 12.4. The van der Waals surface area contributed by atoms with Gasteiger partial charge in [-0.25, -0.2) is 0 Å². The lowest BCUT2D eigenvalue weighted by Gasteiger charge is -2.31. The predicted molar refractivity (Wildman–Crippen MR) is 84.5 cm³/mol. The van der Waals surface area contributed by atoms with E-state index in [0.29, 0.717) is 0 Å². The zero-order valence-corrected chi connectivity index (χ0v) is 13.7. The second-order valence-electron chi connectivity index (χ2n) is 6.30. The molecule has 7 heteroatoms. The first kappa shape index (κ1) is 18.3. The summed E-state index contributed by atoms with van der Waals surface area (Å²) < 4.78 is 37.3. The molecule has 0 saturated carbocycles. The van der Waals surface area contributed by atoms with E-state index in [2.05, 4.69) is 5.32 Å². The Morgan fingerprint density at radius 1 is 1.17 bits per heavy atom. The van der Waals surface area contributed by atoms with Gasteiger partial charge in [-0.1, -0.05) is 32.0 Å². The fourth-order valence-electron chi connectivity index (χ4n) is 2.87. The molecule has 1 fully saturated rings. The second-order valence-corrected chi connectivity index (χ2v) is 6.30. The van der Waals surface area contributed by atoms with E-state index in [4.69, 9.17) is 0 Å². The lowest BCUT2D eigenvalue weighted by Crippen LogP contribution is -2.46. The van der Waals surface area contributed by atoms with E-state index in [0.717, 1.165) is 16.2 Å². The summed E-state index contributed by atoms with van der Waals surface area (Å²) in [6, 6.07) is 7.47. The summed E-state index contributed by atoms with van der Waals surface area (Å²) in [6.45, 7) is 3.93. The summed E-state index contributed by atoms with van der Waals surface area (Å²) >= 11 is 0. The van der Waals surface area contributed by atoms with Gasteiger partial charge in [0, 0.05) is 24.7 Å². The number of piperidine rings is 1. The summed E-state index contributed by atoms with van der Waals surface area (Å²) in [7, 11) is 0. The highest BCUT2D eigenvalue weighted by atomic mass is 19.4. The van der Waals surface area contributed by atoms with Gasteiger partial charge in [0.1, 0.15) is 0 Å². The summed E-state index contributed by atoms with van der Waals surface area (Å²) in [5.74, 6) is -2.18. The summed E-state index contributed by atoms with van der Waals surface area (Å²) in [4.78, 5) is 24.4. The molecule has 2 rings (SSSR count). The van der Waals surface area contributed by atoms with Crippen molar-refractivity contribution in [3.63, 3.8) is 0 Å². The van der Waals surface area contributed by atoms with Gasteiger partial charge in [0.2, 0.25) is 5.91 Å². The number of nitrogens with zero attached hydrogens (tertiary/aromatic N) is 1. The van der Waals surface area contributed by atoms with Gasteiger partial charge < -0.3 is 10.2 Å². The minimum absolute atomic E-state index is 0.0533. The van der Waals surface area contributed by atoms with Gasteiger partial charge in [-0.2, -0.15) is 13.2 Å². The zero-order valence-electron chi connectivity index (χ0n) is 13.7. The first-order valence-electron chi connectivity index (χ1n) is 7.96. The van der Waals surface area contributed by atoms with Gasteiger partial charge in [-0.3, -0.25) is 9.59 Å². The molecular formula is C17H21F3N2O2. The Morgan fingerprint density at radius 3 is 2.29 bits per heavy atom. The third-order valence-corrected chi connectivity index (χ3v) is 4.24. The van der Waals surface area contributed by atoms with Crippen LogP contribution in [0.15, 0.2) is 24.3 Å². The standard InChI is InChI=1S/C17H21F3N2O2/c1-11(2)13-5-3-4-6-14(13)21-15(23)12-7-9-22(10-8-12)16(24)17(18,19)20/h3-6,11-12H,7-10H2,1-2H3,(H,21,23). The van der Waals surface area contributed by atoms with E-state index in [1.54, 1.807) is 0 Å². The molecule has 0 spiro atoms. The Balaban J connectivity index is 1.96.